The van der Waals surface area contributed by atoms with Crippen molar-refractivity contribution in [3.8, 4) is 11.8 Å². The van der Waals surface area contributed by atoms with E-state index >= 15 is 0 Å². The summed E-state index contributed by atoms with van der Waals surface area (Å²) in [5, 5.41) is 9.71. The lowest BCUT2D eigenvalue weighted by Gasteiger charge is -2.11. The van der Waals surface area contributed by atoms with Crippen molar-refractivity contribution in [3.05, 3.63) is 58.5 Å². The number of nitrogens with one attached hydrogen (secondary N) is 1. The van der Waals surface area contributed by atoms with Gasteiger partial charge in [0.2, 0.25) is 5.78 Å². The van der Waals surface area contributed by atoms with Gasteiger partial charge in [-0.2, -0.15) is 18.4 Å². The predicted octanol–water partition coefficient (Wildman–Crippen LogP) is 4.73. The normalized spacial score (nSPS) is 12.6. The Morgan fingerprint density at radius 1 is 1.33 bits per heavy atom. The van der Waals surface area contributed by atoms with Crippen molar-refractivity contribution >= 4 is 28.3 Å². The van der Waals surface area contributed by atoms with E-state index in [4.69, 9.17) is 16.3 Å². The number of aromatic amines is 1. The van der Waals surface area contributed by atoms with Gasteiger partial charge < -0.3 is 9.72 Å². The quantitative estimate of drug-likeness (QED) is 0.650. The summed E-state index contributed by atoms with van der Waals surface area (Å²) in [6, 6.07) is 9.07. The molecule has 138 valence electrons. The van der Waals surface area contributed by atoms with Gasteiger partial charge in [-0.1, -0.05) is 11.6 Å². The predicted molar refractivity (Wildman–Crippen MR) is 91.8 cm³/mol. The van der Waals surface area contributed by atoms with Gasteiger partial charge >= 0.3 is 6.18 Å². The molecule has 5 nitrogen and oxygen atoms in total. The van der Waals surface area contributed by atoms with Crippen molar-refractivity contribution in [1.82, 2.24) is 9.97 Å². The van der Waals surface area contributed by atoms with Crippen molar-refractivity contribution in [2.45, 2.75) is 12.1 Å². The Bertz CT molecular complexity index is 1070. The van der Waals surface area contributed by atoms with E-state index in [1.807, 2.05) is 0 Å². The fourth-order valence-electron chi connectivity index (χ4n) is 2.58. The minimum absolute atomic E-state index is 0.113. The van der Waals surface area contributed by atoms with Crippen molar-refractivity contribution in [2.24, 2.45) is 0 Å². The van der Waals surface area contributed by atoms with E-state index in [0.29, 0.717) is 28.9 Å². The molecule has 1 atom stereocenters. The van der Waals surface area contributed by atoms with Crippen LogP contribution in [-0.4, -0.2) is 22.9 Å². The first-order chi connectivity index (χ1) is 12.7. The number of halogens is 4. The third kappa shape index (κ3) is 3.59. The van der Waals surface area contributed by atoms with Crippen LogP contribution < -0.4 is 4.74 Å². The average molecular weight is 394 g/mol. The van der Waals surface area contributed by atoms with Crippen LogP contribution in [0.3, 0.4) is 0 Å². The van der Waals surface area contributed by atoms with Gasteiger partial charge in [0.05, 0.1) is 35.2 Å². The number of aromatic nitrogens is 2. The molecule has 0 amide bonds. The van der Waals surface area contributed by atoms with E-state index in [9.17, 15) is 23.2 Å². The highest BCUT2D eigenvalue weighted by Gasteiger charge is 2.33. The molecule has 0 saturated carbocycles. The van der Waals surface area contributed by atoms with Crippen LogP contribution in [0.2, 0.25) is 5.02 Å². The minimum Gasteiger partial charge on any atom is -0.497 e. The maximum Gasteiger partial charge on any atom is 0.417 e. The van der Waals surface area contributed by atoms with Crippen molar-refractivity contribution in [3.63, 3.8) is 0 Å². The zero-order valence-electron chi connectivity index (χ0n) is 13.8. The highest BCUT2D eigenvalue weighted by Crippen LogP contribution is 2.34. The van der Waals surface area contributed by atoms with E-state index < -0.39 is 28.5 Å². The number of methoxy groups -OCH3 is 1. The number of carbonyl (C=O) groups is 1. The smallest absolute Gasteiger partial charge is 0.417 e. The van der Waals surface area contributed by atoms with Crippen LogP contribution in [0.25, 0.3) is 10.9 Å². The molecule has 1 N–H and O–H groups in total. The number of hydrogen-bond acceptors (Lipinski definition) is 4. The molecule has 1 unspecified atom stereocenters. The third-order valence-corrected chi connectivity index (χ3v) is 4.26. The monoisotopic (exact) mass is 393 g/mol. The van der Waals surface area contributed by atoms with Gasteiger partial charge in [0.15, 0.2) is 5.92 Å². The first-order valence-electron chi connectivity index (χ1n) is 7.58. The second-order valence-electron chi connectivity index (χ2n) is 5.65. The van der Waals surface area contributed by atoms with E-state index in [1.165, 1.54) is 7.11 Å². The van der Waals surface area contributed by atoms with E-state index in [1.54, 1.807) is 30.3 Å². The molecule has 0 aliphatic heterocycles. The summed E-state index contributed by atoms with van der Waals surface area (Å²) >= 11 is 5.87. The maximum absolute atomic E-state index is 12.7. The first kappa shape index (κ1) is 18.7. The Morgan fingerprint density at radius 3 is 2.67 bits per heavy atom. The molecule has 0 bridgehead atoms. The molecule has 9 heteroatoms. The summed E-state index contributed by atoms with van der Waals surface area (Å²) in [7, 11) is 1.50. The number of pyridine rings is 1. The molecule has 0 aliphatic carbocycles. The fraction of sp³-hybridized carbons (Fsp3) is 0.167. The molecule has 0 radical (unpaired) electrons. The molecule has 0 fully saturated rings. The lowest BCUT2D eigenvalue weighted by Crippen LogP contribution is -2.15. The topological polar surface area (TPSA) is 78.8 Å². The minimum atomic E-state index is -4.63. The van der Waals surface area contributed by atoms with Gasteiger partial charge in [-0.3, -0.25) is 9.78 Å². The summed E-state index contributed by atoms with van der Waals surface area (Å²) in [4.78, 5) is 19.2. The van der Waals surface area contributed by atoms with Gasteiger partial charge in [-0.05, 0) is 24.3 Å². The molecular formula is C18H11ClF3N3O2. The van der Waals surface area contributed by atoms with Crippen LogP contribution in [0.4, 0.5) is 13.2 Å². The van der Waals surface area contributed by atoms with Crippen LogP contribution in [0.5, 0.6) is 5.75 Å². The zero-order chi connectivity index (χ0) is 19.8. The van der Waals surface area contributed by atoms with Crippen molar-refractivity contribution in [1.29, 1.82) is 5.26 Å². The molecule has 3 rings (SSSR count). The van der Waals surface area contributed by atoms with Gasteiger partial charge in [0, 0.05) is 23.2 Å². The van der Waals surface area contributed by atoms with Crippen molar-refractivity contribution in [2.75, 3.05) is 7.11 Å². The molecule has 1 aromatic carbocycles. The Kier molecular flexibility index (Phi) is 4.81. The number of nitrogens with zero attached hydrogens (tertiary/aromatic N) is 2. The number of H-pyrrole nitrogens is 1. The summed E-state index contributed by atoms with van der Waals surface area (Å²) < 4.78 is 43.3. The zero-order valence-corrected chi connectivity index (χ0v) is 14.5. The van der Waals surface area contributed by atoms with E-state index in [0.717, 1.165) is 0 Å². The molecule has 2 heterocycles. The van der Waals surface area contributed by atoms with Crippen LogP contribution in [0.1, 0.15) is 27.7 Å². The molecule has 27 heavy (non-hydrogen) atoms. The lowest BCUT2D eigenvalue weighted by molar-refractivity contribution is -0.137. The Hall–Kier alpha value is -3.05. The van der Waals surface area contributed by atoms with Crippen LogP contribution in [0, 0.1) is 11.3 Å². The molecular weight excluding hydrogens is 383 g/mol. The number of nitriles is 1. The van der Waals surface area contributed by atoms with Gasteiger partial charge in [0.1, 0.15) is 5.75 Å². The lowest BCUT2D eigenvalue weighted by atomic mass is 9.98. The van der Waals surface area contributed by atoms with E-state index in [-0.39, 0.29) is 11.4 Å². The number of Topliss-reactive ketones (excluding diaryl/α,β-unsaturated/α-hetero) is 1. The molecule has 2 aromatic heterocycles. The van der Waals surface area contributed by atoms with Gasteiger partial charge in [-0.25, -0.2) is 0 Å². The SMILES string of the molecule is COc1ccc2cc(C(=O)C(C#N)c3ncc(C(F)(F)F)cc3Cl)[nH]c2c1. The average Bonchev–Trinajstić information content (AvgIpc) is 3.05. The van der Waals surface area contributed by atoms with E-state index in [2.05, 4.69) is 9.97 Å². The highest BCUT2D eigenvalue weighted by molar-refractivity contribution is 6.31. The number of ether oxygens (including phenoxy) is 1. The van der Waals surface area contributed by atoms with Crippen molar-refractivity contribution < 1.29 is 22.7 Å². The Labute approximate surface area is 156 Å². The number of fused-ring (bicyclic) bond motifs is 1. The molecule has 0 spiro atoms. The summed E-state index contributed by atoms with van der Waals surface area (Å²) in [5.74, 6) is -1.52. The summed E-state index contributed by atoms with van der Waals surface area (Å²) in [6.07, 6.45) is -4.08. The molecule has 3 aromatic rings. The highest BCUT2D eigenvalue weighted by atomic mass is 35.5. The van der Waals surface area contributed by atoms with Crippen LogP contribution >= 0.6 is 11.6 Å². The van der Waals surface area contributed by atoms with Crippen LogP contribution in [0.15, 0.2) is 36.5 Å². The summed E-state index contributed by atoms with van der Waals surface area (Å²) in [6.45, 7) is 0. The maximum atomic E-state index is 12.7. The largest absolute Gasteiger partial charge is 0.497 e. The second-order valence-corrected chi connectivity index (χ2v) is 6.06. The number of ketones is 1. The van der Waals surface area contributed by atoms with Gasteiger partial charge in [-0.15, -0.1) is 0 Å². The molecule has 0 aliphatic rings. The number of alkyl halides is 3. The van der Waals surface area contributed by atoms with Crippen LogP contribution in [-0.2, 0) is 6.18 Å². The first-order valence-corrected chi connectivity index (χ1v) is 7.95. The Morgan fingerprint density at radius 2 is 2.07 bits per heavy atom. The number of carbonyl (C=O) groups excluding carboxylic acids is 1. The Balaban J connectivity index is 1.98. The summed E-state index contributed by atoms with van der Waals surface area (Å²) in [5.41, 5.74) is -0.560. The number of rotatable bonds is 4. The third-order valence-electron chi connectivity index (χ3n) is 3.96. The fourth-order valence-corrected chi connectivity index (χ4v) is 2.86. The van der Waals surface area contributed by atoms with Gasteiger partial charge in [0.25, 0.3) is 0 Å². The number of hydrogen-bond donors (Lipinski definition) is 1. The standard InChI is InChI=1S/C18H11ClF3N3O2/c1-27-11-3-2-9-4-15(25-14(9)6-11)17(26)12(7-23)16-13(19)5-10(8-24-16)18(20,21)22/h2-6,8,12,25H,1H3. The second kappa shape index (κ2) is 6.93. The molecule has 0 saturated heterocycles. The number of benzene rings is 1.